The van der Waals surface area contributed by atoms with Crippen LogP contribution < -0.4 is 4.90 Å². The van der Waals surface area contributed by atoms with Crippen molar-refractivity contribution in [1.29, 1.82) is 0 Å². The van der Waals surface area contributed by atoms with Gasteiger partial charge < -0.3 is 4.90 Å². The molecular weight excluding hydrogens is 454 g/mol. The molecule has 1 spiro atoms. The number of aromatic nitrogens is 2. The van der Waals surface area contributed by atoms with Crippen LogP contribution in [0.3, 0.4) is 0 Å². The van der Waals surface area contributed by atoms with Crippen molar-refractivity contribution in [1.82, 2.24) is 13.7 Å². The van der Waals surface area contributed by atoms with E-state index in [9.17, 15) is 17.2 Å². The second-order valence-electron chi connectivity index (χ2n) is 8.51. The molecule has 0 unspecified atom stereocenters. The molecule has 3 heterocycles. The Morgan fingerprint density at radius 1 is 1.00 bits per heavy atom. The fraction of sp³-hybridized carbons (Fsp3) is 0.364. The van der Waals surface area contributed by atoms with Gasteiger partial charge in [0.25, 0.3) is 0 Å². The highest BCUT2D eigenvalue weighted by Crippen LogP contribution is 2.43. The predicted molar refractivity (Wildman–Crippen MR) is 118 cm³/mol. The summed E-state index contributed by atoms with van der Waals surface area (Å²) in [5.41, 5.74) is 1.04. The Labute approximate surface area is 189 Å². The van der Waals surface area contributed by atoms with Crippen LogP contribution in [0.25, 0.3) is 0 Å². The quantitative estimate of drug-likeness (QED) is 0.562. The monoisotopic (exact) mass is 476 g/mol. The van der Waals surface area contributed by atoms with E-state index in [4.69, 9.17) is 0 Å². The normalized spacial score (nSPS) is 18.6. The van der Waals surface area contributed by atoms with Gasteiger partial charge >= 0.3 is 0 Å². The van der Waals surface area contributed by atoms with Gasteiger partial charge in [-0.3, -0.25) is 0 Å². The van der Waals surface area contributed by atoms with Gasteiger partial charge in [0.05, 0.1) is 4.90 Å². The van der Waals surface area contributed by atoms with Gasteiger partial charge in [0, 0.05) is 49.5 Å². The highest BCUT2D eigenvalue weighted by Gasteiger charge is 2.47. The number of hydrogen-bond acceptors (Lipinski definition) is 6. The van der Waals surface area contributed by atoms with E-state index >= 15 is 0 Å². The molecule has 0 amide bonds. The third kappa shape index (κ3) is 4.14. The molecule has 0 bridgehead atoms. The maximum atomic E-state index is 13.5. The van der Waals surface area contributed by atoms with Crippen molar-refractivity contribution in [3.8, 4) is 0 Å². The third-order valence-corrected chi connectivity index (χ3v) is 8.98. The summed E-state index contributed by atoms with van der Waals surface area (Å²) in [4.78, 5) is 6.82. The largest absolute Gasteiger partial charge is 0.346 e. The predicted octanol–water partition coefficient (Wildman–Crippen LogP) is 3.70. The molecule has 0 atom stereocenters. The first kappa shape index (κ1) is 21.4. The van der Waals surface area contributed by atoms with E-state index in [1.165, 1.54) is 46.2 Å². The lowest BCUT2D eigenvalue weighted by Crippen LogP contribution is -2.61. The summed E-state index contributed by atoms with van der Waals surface area (Å²) >= 11 is 1.36. The smallest absolute Gasteiger partial charge is 0.243 e. The molecule has 6 nitrogen and oxygen atoms in total. The molecule has 2 fully saturated rings. The van der Waals surface area contributed by atoms with Crippen LogP contribution in [0, 0.1) is 17.0 Å². The second-order valence-corrected chi connectivity index (χ2v) is 11.2. The van der Waals surface area contributed by atoms with Crippen LogP contribution in [0.5, 0.6) is 0 Å². The zero-order valence-corrected chi connectivity index (χ0v) is 18.9. The molecule has 2 aliphatic rings. The zero-order chi connectivity index (χ0) is 22.3. The number of benzene rings is 2. The highest BCUT2D eigenvalue weighted by atomic mass is 32.2. The molecule has 0 radical (unpaired) electrons. The minimum absolute atomic E-state index is 0.00577. The third-order valence-electron chi connectivity index (χ3n) is 6.27. The van der Waals surface area contributed by atoms with Crippen molar-refractivity contribution in [3.63, 3.8) is 0 Å². The summed E-state index contributed by atoms with van der Waals surface area (Å²) in [6, 6.07) is 11.5. The molecular formula is C22H22F2N4O2S2. The number of anilines is 1. The maximum absolute atomic E-state index is 13.5. The van der Waals surface area contributed by atoms with E-state index in [-0.39, 0.29) is 16.1 Å². The number of nitrogens with zero attached hydrogens (tertiary/aromatic N) is 4. The summed E-state index contributed by atoms with van der Waals surface area (Å²) in [6.45, 7) is 2.51. The Hall–Kier alpha value is -2.43. The molecule has 5 rings (SSSR count). The minimum atomic E-state index is -3.68. The molecule has 2 aromatic carbocycles. The van der Waals surface area contributed by atoms with Crippen molar-refractivity contribution >= 4 is 26.7 Å². The lowest BCUT2D eigenvalue weighted by Gasteiger charge is -2.53. The van der Waals surface area contributed by atoms with Gasteiger partial charge in [0.2, 0.25) is 15.2 Å². The van der Waals surface area contributed by atoms with Gasteiger partial charge in [-0.1, -0.05) is 18.2 Å². The van der Waals surface area contributed by atoms with Crippen molar-refractivity contribution < 1.29 is 17.2 Å². The standard InChI is InChI=1S/C22H22F2N4O2S2/c23-17-6-4-16(5-7-17)12-20-25-21(31-26-20)27-14-22(15-27)8-10-28(11-9-22)32(29,30)19-3-1-2-18(24)13-19/h1-7,13H,8-12,14-15H2. The van der Waals surface area contributed by atoms with Gasteiger partial charge in [0.1, 0.15) is 17.5 Å². The first-order valence-corrected chi connectivity index (χ1v) is 12.6. The Morgan fingerprint density at radius 2 is 1.72 bits per heavy atom. The molecule has 0 aliphatic carbocycles. The first-order chi connectivity index (χ1) is 15.3. The van der Waals surface area contributed by atoms with Crippen molar-refractivity contribution in [2.75, 3.05) is 31.1 Å². The summed E-state index contributed by atoms with van der Waals surface area (Å²) in [6.07, 6.45) is 2.08. The van der Waals surface area contributed by atoms with Gasteiger partial charge in [-0.2, -0.15) is 8.68 Å². The number of halogens is 2. The average molecular weight is 477 g/mol. The number of piperidine rings is 1. The van der Waals surface area contributed by atoms with Gasteiger partial charge in [-0.05, 0) is 48.7 Å². The highest BCUT2D eigenvalue weighted by molar-refractivity contribution is 7.89. The Kier molecular flexibility index (Phi) is 5.47. The van der Waals surface area contributed by atoms with Crippen LogP contribution in [0.15, 0.2) is 53.4 Å². The van der Waals surface area contributed by atoms with Gasteiger partial charge in [0.15, 0.2) is 0 Å². The van der Waals surface area contributed by atoms with Gasteiger partial charge in [-0.15, -0.1) is 0 Å². The fourth-order valence-electron chi connectivity index (χ4n) is 4.42. The topological polar surface area (TPSA) is 66.4 Å². The van der Waals surface area contributed by atoms with E-state index < -0.39 is 15.8 Å². The van der Waals surface area contributed by atoms with Crippen LogP contribution in [-0.4, -0.2) is 48.3 Å². The second kappa shape index (κ2) is 8.17. The lowest BCUT2D eigenvalue weighted by atomic mass is 9.73. The molecule has 168 valence electrons. The number of hydrogen-bond donors (Lipinski definition) is 0. The van der Waals surface area contributed by atoms with E-state index in [1.54, 1.807) is 12.1 Å². The van der Waals surface area contributed by atoms with E-state index in [0.29, 0.717) is 25.3 Å². The van der Waals surface area contributed by atoms with Crippen LogP contribution in [-0.2, 0) is 16.4 Å². The summed E-state index contributed by atoms with van der Waals surface area (Å²) in [5, 5.41) is 0.863. The molecule has 1 aromatic heterocycles. The Bertz CT molecular complexity index is 1210. The number of rotatable bonds is 5. The summed E-state index contributed by atoms with van der Waals surface area (Å²) in [5.74, 6) is -0.0973. The van der Waals surface area contributed by atoms with E-state index in [2.05, 4.69) is 14.3 Å². The minimum Gasteiger partial charge on any atom is -0.346 e. The van der Waals surface area contributed by atoms with Crippen molar-refractivity contribution in [3.05, 3.63) is 71.6 Å². The van der Waals surface area contributed by atoms with Crippen LogP contribution in [0.1, 0.15) is 24.2 Å². The van der Waals surface area contributed by atoms with Crippen LogP contribution in [0.4, 0.5) is 13.9 Å². The summed E-state index contributed by atoms with van der Waals surface area (Å²) < 4.78 is 58.1. The Balaban J connectivity index is 1.18. The molecule has 32 heavy (non-hydrogen) atoms. The van der Waals surface area contributed by atoms with E-state index in [0.717, 1.165) is 42.7 Å². The van der Waals surface area contributed by atoms with E-state index in [1.807, 2.05) is 0 Å². The molecule has 2 saturated heterocycles. The zero-order valence-electron chi connectivity index (χ0n) is 17.2. The Morgan fingerprint density at radius 3 is 2.41 bits per heavy atom. The fourth-order valence-corrected chi connectivity index (χ4v) is 6.58. The SMILES string of the molecule is O=S(=O)(c1cccc(F)c1)N1CCC2(CC1)CN(c1nc(Cc3ccc(F)cc3)ns1)C2. The summed E-state index contributed by atoms with van der Waals surface area (Å²) in [7, 11) is -3.68. The number of sulfonamides is 1. The first-order valence-electron chi connectivity index (χ1n) is 10.4. The molecule has 0 N–H and O–H groups in total. The molecule has 3 aromatic rings. The molecule has 0 saturated carbocycles. The maximum Gasteiger partial charge on any atom is 0.243 e. The lowest BCUT2D eigenvalue weighted by molar-refractivity contribution is 0.114. The van der Waals surface area contributed by atoms with Crippen LogP contribution in [0.2, 0.25) is 0 Å². The average Bonchev–Trinajstić information content (AvgIpc) is 3.22. The van der Waals surface area contributed by atoms with Crippen LogP contribution >= 0.6 is 11.5 Å². The molecule has 10 heteroatoms. The van der Waals surface area contributed by atoms with Crippen molar-refractivity contribution in [2.45, 2.75) is 24.2 Å². The molecule has 2 aliphatic heterocycles. The van der Waals surface area contributed by atoms with Crippen molar-refractivity contribution in [2.24, 2.45) is 5.41 Å². The van der Waals surface area contributed by atoms with Gasteiger partial charge in [-0.25, -0.2) is 22.2 Å².